The maximum atomic E-state index is 11.8. The summed E-state index contributed by atoms with van der Waals surface area (Å²) in [5, 5.41) is 64.6. The van der Waals surface area contributed by atoms with Gasteiger partial charge in [-0.2, -0.15) is 8.42 Å². The van der Waals surface area contributed by atoms with Crippen LogP contribution in [0.5, 0.6) is 0 Å². The number of aliphatic hydroxyl groups is 6. The Labute approximate surface area is 325 Å². The van der Waals surface area contributed by atoms with Crippen molar-refractivity contribution in [3.8, 4) is 0 Å². The first-order valence-electron chi connectivity index (χ1n) is 20.2. The predicted octanol–water partition coefficient (Wildman–Crippen LogP) is 1.96. The molecule has 318 valence electrons. The van der Waals surface area contributed by atoms with Crippen LogP contribution in [0.4, 0.5) is 0 Å². The van der Waals surface area contributed by atoms with Crippen molar-refractivity contribution < 1.29 is 71.5 Å². The molecule has 0 amide bonds. The van der Waals surface area contributed by atoms with E-state index in [1.54, 1.807) is 0 Å². The minimum Gasteiger partial charge on any atom is -0.393 e. The van der Waals surface area contributed by atoms with Crippen molar-refractivity contribution in [1.29, 1.82) is 0 Å². The highest BCUT2D eigenvalue weighted by Gasteiger charge is 2.64. The van der Waals surface area contributed by atoms with Crippen molar-refractivity contribution >= 4 is 10.4 Å². The van der Waals surface area contributed by atoms with E-state index in [0.717, 1.165) is 44.1 Å². The molecule has 6 fully saturated rings. The van der Waals surface area contributed by atoms with Crippen LogP contribution in [0.2, 0.25) is 0 Å². The Morgan fingerprint density at radius 1 is 0.836 bits per heavy atom. The first kappa shape index (κ1) is 43.7. The third-order valence-electron chi connectivity index (χ3n) is 15.1. The summed E-state index contributed by atoms with van der Waals surface area (Å²) in [4.78, 5) is 0. The molecule has 2 saturated heterocycles. The molecule has 0 aromatic carbocycles. The quantitative estimate of drug-likeness (QED) is 0.104. The second-order valence-corrected chi connectivity index (χ2v) is 19.4. The zero-order chi connectivity index (χ0) is 40.2. The molecule has 20 atom stereocenters. The molecular weight excluding hydrogens is 740 g/mol. The normalized spacial score (nSPS) is 48.7. The molecular formula is C39H66O15S. The average molecular weight is 807 g/mol. The van der Waals surface area contributed by atoms with Crippen LogP contribution >= 0.6 is 0 Å². The van der Waals surface area contributed by atoms with Crippen LogP contribution < -0.4 is 0 Å². The Kier molecular flexibility index (Phi) is 13.5. The minimum atomic E-state index is -5.05. The van der Waals surface area contributed by atoms with Crippen LogP contribution in [0.25, 0.3) is 0 Å². The number of ether oxygens (including phenoxy) is 5. The van der Waals surface area contributed by atoms with Gasteiger partial charge < -0.3 is 54.3 Å². The SMILES string of the molecule is C=C(CC[C@@H](C)[C@H]1C[C@@H](O)[C@H]2[C@@H]3C[C@H](O)[C@H]4C[C@@H](O)CC[C@]4(C)[C@H]3CC[C@@]21C)C(C)CO[C@@H]1OC[C@@H](O)[C@H](OS(=O)(=O)O)[C@H]1O[C@@H]1OC[C@@H](O)[C@H](O)[C@H]1OC. The summed E-state index contributed by atoms with van der Waals surface area (Å²) in [6.07, 6.45) is -4.98. The van der Waals surface area contributed by atoms with E-state index in [0.29, 0.717) is 37.0 Å². The molecule has 2 heterocycles. The summed E-state index contributed by atoms with van der Waals surface area (Å²) < 4.78 is 66.4. The van der Waals surface area contributed by atoms with E-state index in [4.69, 9.17) is 27.9 Å². The van der Waals surface area contributed by atoms with Crippen molar-refractivity contribution in [2.45, 2.75) is 153 Å². The number of aliphatic hydroxyl groups excluding tert-OH is 6. The summed E-state index contributed by atoms with van der Waals surface area (Å²) in [5.41, 5.74) is 0.850. The third-order valence-corrected chi connectivity index (χ3v) is 15.6. The number of methoxy groups -OCH3 is 1. The first-order valence-corrected chi connectivity index (χ1v) is 21.6. The molecule has 55 heavy (non-hydrogen) atoms. The standard InChI is InChI=1S/C39H66O15S/c1-19(21(3)16-50-36-35(33(30(44)18-51-36)54-55(46,47)48)53-37-34(49-6)32(45)29(43)17-52-37)7-8-20(2)25-15-28(42)31-23-14-27(41)26-13-22(40)9-11-38(26,4)24(23)10-12-39(25,31)5/h20-37,40-45H,1,7-18H2,2-6H3,(H,46,47,48)/t20-,21?,22+,23-,24+,25-,26-,27+,28-,29-,30-,31-,32+,33+,34-,35-,36-,37+,38-,39-/m1/s1. The van der Waals surface area contributed by atoms with Crippen molar-refractivity contribution in [2.75, 3.05) is 26.9 Å². The van der Waals surface area contributed by atoms with E-state index in [1.807, 2.05) is 6.92 Å². The summed E-state index contributed by atoms with van der Waals surface area (Å²) >= 11 is 0. The van der Waals surface area contributed by atoms with Crippen LogP contribution in [-0.2, 0) is 38.3 Å². The molecule has 4 aliphatic carbocycles. The lowest BCUT2D eigenvalue weighted by Gasteiger charge is -2.62. The van der Waals surface area contributed by atoms with E-state index >= 15 is 0 Å². The zero-order valence-electron chi connectivity index (χ0n) is 32.9. The van der Waals surface area contributed by atoms with Gasteiger partial charge in [0, 0.05) is 13.0 Å². The molecule has 0 aromatic rings. The smallest absolute Gasteiger partial charge is 0.393 e. The highest BCUT2D eigenvalue weighted by molar-refractivity contribution is 7.80. The highest BCUT2D eigenvalue weighted by atomic mass is 32.3. The summed E-state index contributed by atoms with van der Waals surface area (Å²) in [6.45, 7) is 12.6. The minimum absolute atomic E-state index is 0.0244. The van der Waals surface area contributed by atoms with E-state index in [2.05, 4.69) is 27.4 Å². The molecule has 6 aliphatic rings. The fraction of sp³-hybridized carbons (Fsp3) is 0.949. The molecule has 0 aromatic heterocycles. The van der Waals surface area contributed by atoms with Gasteiger partial charge in [0.2, 0.25) is 0 Å². The highest BCUT2D eigenvalue weighted by Crippen LogP contribution is 2.68. The predicted molar refractivity (Wildman–Crippen MR) is 196 cm³/mol. The van der Waals surface area contributed by atoms with Gasteiger partial charge in [0.1, 0.15) is 36.6 Å². The second kappa shape index (κ2) is 17.0. The first-order chi connectivity index (χ1) is 25.8. The molecule has 0 radical (unpaired) electrons. The lowest BCUT2D eigenvalue weighted by molar-refractivity contribution is -0.343. The topological polar surface area (TPSA) is 231 Å². The molecule has 16 heteroatoms. The summed E-state index contributed by atoms with van der Waals surface area (Å²) in [5.74, 6) is 1.33. The van der Waals surface area contributed by atoms with E-state index in [9.17, 15) is 43.6 Å². The van der Waals surface area contributed by atoms with E-state index in [1.165, 1.54) is 7.11 Å². The number of fused-ring (bicyclic) bond motifs is 5. The maximum absolute atomic E-state index is 11.8. The van der Waals surface area contributed by atoms with Crippen molar-refractivity contribution in [1.82, 2.24) is 0 Å². The fourth-order valence-corrected chi connectivity index (χ4v) is 12.6. The fourth-order valence-electron chi connectivity index (χ4n) is 12.1. The largest absolute Gasteiger partial charge is 0.397 e. The van der Waals surface area contributed by atoms with E-state index in [-0.39, 0.29) is 53.8 Å². The molecule has 6 rings (SSSR count). The Hall–Kier alpha value is -0.830. The van der Waals surface area contributed by atoms with Crippen LogP contribution in [-0.4, -0.2) is 138 Å². The van der Waals surface area contributed by atoms with Gasteiger partial charge >= 0.3 is 10.4 Å². The zero-order valence-corrected chi connectivity index (χ0v) is 33.7. The van der Waals surface area contributed by atoms with Gasteiger partial charge in [-0.25, -0.2) is 4.18 Å². The van der Waals surface area contributed by atoms with Gasteiger partial charge in [0.25, 0.3) is 0 Å². The van der Waals surface area contributed by atoms with Crippen molar-refractivity contribution in [3.63, 3.8) is 0 Å². The van der Waals surface area contributed by atoms with Gasteiger partial charge in [0.15, 0.2) is 12.6 Å². The van der Waals surface area contributed by atoms with Gasteiger partial charge in [-0.3, -0.25) is 4.55 Å². The van der Waals surface area contributed by atoms with Crippen molar-refractivity contribution in [3.05, 3.63) is 12.2 Å². The number of hydrogen-bond acceptors (Lipinski definition) is 14. The molecule has 4 saturated carbocycles. The second-order valence-electron chi connectivity index (χ2n) is 18.3. The molecule has 0 bridgehead atoms. The monoisotopic (exact) mass is 806 g/mol. The molecule has 2 aliphatic heterocycles. The average Bonchev–Trinajstić information content (AvgIpc) is 3.40. The Morgan fingerprint density at radius 3 is 2.20 bits per heavy atom. The lowest BCUT2D eigenvalue weighted by atomic mass is 9.43. The van der Waals surface area contributed by atoms with Crippen LogP contribution in [0, 0.1) is 52.3 Å². The third kappa shape index (κ3) is 8.75. The lowest BCUT2D eigenvalue weighted by Crippen LogP contribution is -2.61. The van der Waals surface area contributed by atoms with Gasteiger partial charge in [-0.05, 0) is 104 Å². The maximum Gasteiger partial charge on any atom is 0.397 e. The van der Waals surface area contributed by atoms with Crippen LogP contribution in [0.15, 0.2) is 12.2 Å². The Balaban J connectivity index is 1.06. The summed E-state index contributed by atoms with van der Waals surface area (Å²) in [6, 6.07) is 0. The van der Waals surface area contributed by atoms with E-state index < -0.39 is 78.4 Å². The summed E-state index contributed by atoms with van der Waals surface area (Å²) in [7, 11) is -3.79. The Bertz CT molecular complexity index is 1430. The van der Waals surface area contributed by atoms with Gasteiger partial charge in [0.05, 0.1) is 38.1 Å². The molecule has 7 N–H and O–H groups in total. The van der Waals surface area contributed by atoms with Crippen molar-refractivity contribution in [2.24, 2.45) is 52.3 Å². The Morgan fingerprint density at radius 2 is 1.51 bits per heavy atom. The molecule has 0 spiro atoms. The van der Waals surface area contributed by atoms with Gasteiger partial charge in [-0.15, -0.1) is 0 Å². The number of rotatable bonds is 13. The van der Waals surface area contributed by atoms with Crippen LogP contribution in [0.1, 0.15) is 85.5 Å². The van der Waals surface area contributed by atoms with Gasteiger partial charge in [-0.1, -0.05) is 39.8 Å². The molecule has 15 nitrogen and oxygen atoms in total. The van der Waals surface area contributed by atoms with Crippen LogP contribution in [0.3, 0.4) is 0 Å². The molecule has 1 unspecified atom stereocenters. The number of hydrogen-bond donors (Lipinski definition) is 7.